The van der Waals surface area contributed by atoms with Gasteiger partial charge in [-0.05, 0) is 37.1 Å². The maximum Gasteiger partial charge on any atom is 0.130 e. The molecule has 2 atom stereocenters. The first-order chi connectivity index (χ1) is 14.2. The molecule has 0 aromatic carbocycles. The quantitative estimate of drug-likeness (QED) is 0.688. The van der Waals surface area contributed by atoms with Crippen LogP contribution < -0.4 is 4.90 Å². The molecule has 1 fully saturated rings. The first-order valence-corrected chi connectivity index (χ1v) is 9.75. The molecule has 4 rings (SSSR count). The fraction of sp³-hybridized carbons (Fsp3) is 0.429. The third-order valence-electron chi connectivity index (χ3n) is 5.31. The van der Waals surface area contributed by atoms with Crippen molar-refractivity contribution in [1.29, 1.82) is 5.26 Å². The van der Waals surface area contributed by atoms with Gasteiger partial charge in [-0.1, -0.05) is 0 Å². The summed E-state index contributed by atoms with van der Waals surface area (Å²) in [7, 11) is 1.65. The van der Waals surface area contributed by atoms with Crippen molar-refractivity contribution in [3.05, 3.63) is 36.2 Å². The third kappa shape index (κ3) is 3.79. The number of morpholine rings is 1. The van der Waals surface area contributed by atoms with E-state index in [4.69, 9.17) is 14.5 Å². The normalized spacial score (nSPS) is 18.0. The Balaban J connectivity index is 1.92. The zero-order valence-corrected chi connectivity index (χ0v) is 16.6. The highest BCUT2D eigenvalue weighted by Gasteiger charge is 2.24. The van der Waals surface area contributed by atoms with E-state index in [0.717, 1.165) is 40.2 Å². The highest BCUT2D eigenvalue weighted by atomic mass is 16.5. The third-order valence-corrected chi connectivity index (χ3v) is 5.31. The van der Waals surface area contributed by atoms with E-state index in [9.17, 15) is 5.26 Å². The number of hydrogen-bond donors (Lipinski definition) is 1. The van der Waals surface area contributed by atoms with E-state index < -0.39 is 0 Å². The number of fused-ring (bicyclic) bond motifs is 1. The maximum absolute atomic E-state index is 9.88. The first-order valence-electron chi connectivity index (χ1n) is 9.75. The van der Waals surface area contributed by atoms with Crippen molar-refractivity contribution in [1.82, 2.24) is 20.2 Å². The topological polar surface area (TPSA) is 100.0 Å². The van der Waals surface area contributed by atoms with Crippen molar-refractivity contribution in [2.75, 3.05) is 38.4 Å². The predicted molar refractivity (Wildman–Crippen MR) is 110 cm³/mol. The van der Waals surface area contributed by atoms with E-state index in [1.54, 1.807) is 19.5 Å². The summed E-state index contributed by atoms with van der Waals surface area (Å²) in [5.41, 5.74) is 3.24. The lowest BCUT2D eigenvalue weighted by Crippen LogP contribution is -2.44. The molecule has 0 saturated carbocycles. The van der Waals surface area contributed by atoms with Crippen LogP contribution in [-0.2, 0) is 9.47 Å². The van der Waals surface area contributed by atoms with Crippen LogP contribution in [0.5, 0.6) is 0 Å². The number of nitriles is 1. The van der Waals surface area contributed by atoms with Crippen LogP contribution in [0, 0.1) is 11.3 Å². The molecule has 0 spiro atoms. The molecular weight excluding hydrogens is 368 g/mol. The van der Waals surface area contributed by atoms with Gasteiger partial charge in [0.15, 0.2) is 0 Å². The Hall–Kier alpha value is -3.02. The molecule has 3 aromatic heterocycles. The van der Waals surface area contributed by atoms with Crippen LogP contribution in [0.1, 0.15) is 24.8 Å². The summed E-state index contributed by atoms with van der Waals surface area (Å²) < 4.78 is 10.8. The minimum Gasteiger partial charge on any atom is -0.385 e. The summed E-state index contributed by atoms with van der Waals surface area (Å²) >= 11 is 0. The zero-order chi connectivity index (χ0) is 20.2. The molecule has 3 aromatic rings. The van der Waals surface area contributed by atoms with Gasteiger partial charge >= 0.3 is 0 Å². The minimum absolute atomic E-state index is 0.202. The molecule has 1 saturated heterocycles. The Morgan fingerprint density at radius 1 is 1.41 bits per heavy atom. The van der Waals surface area contributed by atoms with Crippen molar-refractivity contribution in [3.8, 4) is 17.5 Å². The van der Waals surface area contributed by atoms with E-state index in [-0.39, 0.29) is 12.0 Å². The van der Waals surface area contributed by atoms with Crippen LogP contribution in [0.2, 0.25) is 0 Å². The summed E-state index contributed by atoms with van der Waals surface area (Å²) in [6.45, 7) is 4.71. The SMILES string of the molecule is COCCC(C#N)c1cc(N2CCOC[C@H]2C)nc2c(-c3ccn[nH]3)nccc12. The molecule has 8 heteroatoms. The second-order valence-electron chi connectivity index (χ2n) is 7.18. The smallest absolute Gasteiger partial charge is 0.130 e. The molecule has 1 aliphatic heterocycles. The number of hydrogen-bond acceptors (Lipinski definition) is 7. The minimum atomic E-state index is -0.299. The second kappa shape index (κ2) is 8.55. The molecule has 8 nitrogen and oxygen atoms in total. The fourth-order valence-electron chi connectivity index (χ4n) is 3.78. The van der Waals surface area contributed by atoms with Gasteiger partial charge < -0.3 is 14.4 Å². The van der Waals surface area contributed by atoms with Gasteiger partial charge in [-0.3, -0.25) is 10.1 Å². The summed E-state index contributed by atoms with van der Waals surface area (Å²) in [6.07, 6.45) is 4.07. The van der Waals surface area contributed by atoms with Crippen LogP contribution in [0.4, 0.5) is 5.82 Å². The number of anilines is 1. The molecule has 1 aliphatic rings. The molecular formula is C21H24N6O2. The van der Waals surface area contributed by atoms with Crippen molar-refractivity contribution >= 4 is 16.7 Å². The van der Waals surface area contributed by atoms with Crippen molar-refractivity contribution < 1.29 is 9.47 Å². The molecule has 0 radical (unpaired) electrons. The molecule has 1 unspecified atom stereocenters. The average molecular weight is 392 g/mol. The number of aromatic nitrogens is 4. The molecule has 150 valence electrons. The van der Waals surface area contributed by atoms with Crippen LogP contribution >= 0.6 is 0 Å². The average Bonchev–Trinajstić information content (AvgIpc) is 3.28. The van der Waals surface area contributed by atoms with Crippen LogP contribution in [0.15, 0.2) is 30.6 Å². The number of H-pyrrole nitrogens is 1. The molecule has 1 N–H and O–H groups in total. The largest absolute Gasteiger partial charge is 0.385 e. The van der Waals surface area contributed by atoms with E-state index in [0.29, 0.717) is 26.2 Å². The first kappa shape index (κ1) is 19.3. The number of rotatable bonds is 6. The highest BCUT2D eigenvalue weighted by molar-refractivity contribution is 5.94. The summed E-state index contributed by atoms with van der Waals surface area (Å²) in [5, 5.41) is 17.8. The number of nitrogens with zero attached hydrogens (tertiary/aromatic N) is 5. The van der Waals surface area contributed by atoms with Gasteiger partial charge in [0.05, 0.1) is 36.9 Å². The number of methoxy groups -OCH3 is 1. The van der Waals surface area contributed by atoms with Crippen LogP contribution in [0.25, 0.3) is 22.3 Å². The Bertz CT molecular complexity index is 1010. The maximum atomic E-state index is 9.88. The Morgan fingerprint density at radius 2 is 2.31 bits per heavy atom. The number of pyridine rings is 2. The fourth-order valence-corrected chi connectivity index (χ4v) is 3.78. The summed E-state index contributed by atoms with van der Waals surface area (Å²) in [6, 6.07) is 8.50. The van der Waals surface area contributed by atoms with Gasteiger partial charge in [-0.25, -0.2) is 4.98 Å². The summed E-state index contributed by atoms with van der Waals surface area (Å²) in [5.74, 6) is 0.544. The number of aromatic amines is 1. The van der Waals surface area contributed by atoms with Crippen molar-refractivity contribution in [2.24, 2.45) is 0 Å². The van der Waals surface area contributed by atoms with Gasteiger partial charge in [0.1, 0.15) is 17.0 Å². The lowest BCUT2D eigenvalue weighted by molar-refractivity contribution is 0.0985. The van der Waals surface area contributed by atoms with Crippen LogP contribution in [-0.4, -0.2) is 59.7 Å². The zero-order valence-electron chi connectivity index (χ0n) is 16.6. The molecule has 4 heterocycles. The van der Waals surface area contributed by atoms with Crippen molar-refractivity contribution in [2.45, 2.75) is 25.3 Å². The predicted octanol–water partition coefficient (Wildman–Crippen LogP) is 2.89. The van der Waals surface area contributed by atoms with E-state index in [1.807, 2.05) is 18.2 Å². The van der Waals surface area contributed by atoms with E-state index in [2.05, 4.69) is 33.1 Å². The Kier molecular flexibility index (Phi) is 5.69. The summed E-state index contributed by atoms with van der Waals surface area (Å²) in [4.78, 5) is 11.8. The molecule has 0 aliphatic carbocycles. The van der Waals surface area contributed by atoms with Crippen LogP contribution in [0.3, 0.4) is 0 Å². The molecule has 0 bridgehead atoms. The standard InChI is InChI=1S/C21H24N6O2/c1-14-13-29-10-8-27(14)19-11-17(15(12-22)5-9-28-2)16-3-6-23-21(20(16)25-19)18-4-7-24-26-18/h3-4,6-7,11,14-15H,5,8-10,13H2,1-2H3,(H,24,26)/t14-,15?/m1/s1. The Morgan fingerprint density at radius 3 is 3.03 bits per heavy atom. The van der Waals surface area contributed by atoms with Gasteiger partial charge in [0, 0.05) is 38.0 Å². The van der Waals surface area contributed by atoms with Crippen molar-refractivity contribution in [3.63, 3.8) is 0 Å². The molecule has 0 amide bonds. The Labute approximate surface area is 169 Å². The monoisotopic (exact) mass is 392 g/mol. The number of ether oxygens (including phenoxy) is 2. The second-order valence-corrected chi connectivity index (χ2v) is 7.18. The van der Waals surface area contributed by atoms with Gasteiger partial charge in [0.2, 0.25) is 0 Å². The number of nitrogens with one attached hydrogen (secondary N) is 1. The molecule has 29 heavy (non-hydrogen) atoms. The van der Waals surface area contributed by atoms with E-state index in [1.165, 1.54) is 0 Å². The van der Waals surface area contributed by atoms with Gasteiger partial charge in [-0.2, -0.15) is 10.4 Å². The van der Waals surface area contributed by atoms with E-state index >= 15 is 0 Å². The van der Waals surface area contributed by atoms with Gasteiger partial charge in [0.25, 0.3) is 0 Å². The lowest BCUT2D eigenvalue weighted by Gasteiger charge is -2.35. The van der Waals surface area contributed by atoms with Gasteiger partial charge in [-0.15, -0.1) is 0 Å². The highest BCUT2D eigenvalue weighted by Crippen LogP contribution is 2.34. The lowest BCUT2D eigenvalue weighted by atomic mass is 9.93.